The number of phenolic OH excluding ortho intramolecular Hbond substituents is 2. The number of rotatable bonds is 9. The van der Waals surface area contributed by atoms with Gasteiger partial charge in [-0.2, -0.15) is 0 Å². The standard InChI is InChI=1S/C27H25N3O4S/c1-3-33-23-12-6-9-19(25(23)31)15-28-21-11-5-8-18(14-21)22-17-35-27(30-22)29-16-20-10-7-13-24(26(20)32)34-4-2/h5-17,31-32H,3-4H2,1-2H3/b28-15+,29-16+. The van der Waals surface area contributed by atoms with Crippen LogP contribution in [-0.4, -0.2) is 40.8 Å². The van der Waals surface area contributed by atoms with Crippen LogP contribution in [0.1, 0.15) is 25.0 Å². The van der Waals surface area contributed by atoms with E-state index in [1.54, 1.807) is 42.8 Å². The van der Waals surface area contributed by atoms with Crippen LogP contribution < -0.4 is 9.47 Å². The topological polar surface area (TPSA) is 96.5 Å². The van der Waals surface area contributed by atoms with E-state index in [2.05, 4.69) is 15.0 Å². The van der Waals surface area contributed by atoms with Gasteiger partial charge in [-0.25, -0.2) is 9.98 Å². The van der Waals surface area contributed by atoms with Crippen LogP contribution >= 0.6 is 11.3 Å². The number of para-hydroxylation sites is 2. The van der Waals surface area contributed by atoms with Gasteiger partial charge in [-0.05, 0) is 50.2 Å². The van der Waals surface area contributed by atoms with E-state index in [1.165, 1.54) is 11.3 Å². The van der Waals surface area contributed by atoms with E-state index in [4.69, 9.17) is 9.47 Å². The fraction of sp³-hybridized carbons (Fsp3) is 0.148. The Morgan fingerprint density at radius 2 is 1.43 bits per heavy atom. The Hall–Kier alpha value is -4.17. The van der Waals surface area contributed by atoms with Gasteiger partial charge in [0, 0.05) is 34.5 Å². The van der Waals surface area contributed by atoms with Gasteiger partial charge in [-0.15, -0.1) is 11.3 Å². The monoisotopic (exact) mass is 487 g/mol. The Morgan fingerprint density at radius 3 is 2.06 bits per heavy atom. The van der Waals surface area contributed by atoms with Crippen molar-refractivity contribution in [3.05, 3.63) is 77.2 Å². The number of aromatic nitrogens is 1. The molecule has 8 heteroatoms. The molecule has 0 spiro atoms. The van der Waals surface area contributed by atoms with Gasteiger partial charge < -0.3 is 19.7 Å². The number of aliphatic imine (C=N–C) groups is 2. The second kappa shape index (κ2) is 11.3. The lowest BCUT2D eigenvalue weighted by molar-refractivity contribution is 0.318. The average Bonchev–Trinajstić information content (AvgIpc) is 3.35. The van der Waals surface area contributed by atoms with Gasteiger partial charge >= 0.3 is 0 Å². The fourth-order valence-corrected chi connectivity index (χ4v) is 3.97. The Kier molecular flexibility index (Phi) is 7.74. The predicted molar refractivity (Wildman–Crippen MR) is 141 cm³/mol. The first-order valence-electron chi connectivity index (χ1n) is 11.1. The van der Waals surface area contributed by atoms with E-state index in [0.717, 1.165) is 16.9 Å². The number of ether oxygens (including phenoxy) is 2. The molecule has 0 radical (unpaired) electrons. The number of benzene rings is 3. The quantitative estimate of drug-likeness (QED) is 0.262. The van der Waals surface area contributed by atoms with Crippen LogP contribution in [0.2, 0.25) is 0 Å². The molecule has 0 amide bonds. The van der Waals surface area contributed by atoms with Crippen LogP contribution in [0.3, 0.4) is 0 Å². The lowest BCUT2D eigenvalue weighted by Gasteiger charge is -2.07. The molecule has 0 aliphatic heterocycles. The third-order valence-electron chi connectivity index (χ3n) is 4.96. The Balaban J connectivity index is 1.51. The van der Waals surface area contributed by atoms with E-state index in [0.29, 0.717) is 41.0 Å². The summed E-state index contributed by atoms with van der Waals surface area (Å²) in [7, 11) is 0. The number of thiazole rings is 1. The number of hydrogen-bond donors (Lipinski definition) is 2. The van der Waals surface area contributed by atoms with E-state index in [1.807, 2.05) is 49.6 Å². The van der Waals surface area contributed by atoms with Crippen LogP contribution in [0.15, 0.2) is 76.0 Å². The Morgan fingerprint density at radius 1 is 0.829 bits per heavy atom. The maximum Gasteiger partial charge on any atom is 0.209 e. The molecule has 0 bridgehead atoms. The zero-order valence-electron chi connectivity index (χ0n) is 19.4. The molecule has 4 aromatic rings. The zero-order chi connectivity index (χ0) is 24.6. The van der Waals surface area contributed by atoms with Crippen molar-refractivity contribution < 1.29 is 19.7 Å². The van der Waals surface area contributed by atoms with Crippen LogP contribution in [0.4, 0.5) is 10.8 Å². The summed E-state index contributed by atoms with van der Waals surface area (Å²) in [6.45, 7) is 4.66. The van der Waals surface area contributed by atoms with Crippen molar-refractivity contribution in [3.63, 3.8) is 0 Å². The SMILES string of the molecule is CCOc1cccc(/C=N/c2cccc(-c3csc(/N=C/c4cccc(OCC)c4O)n3)c2)c1O. The van der Waals surface area contributed by atoms with E-state index < -0.39 is 0 Å². The predicted octanol–water partition coefficient (Wildman–Crippen LogP) is 6.52. The summed E-state index contributed by atoms with van der Waals surface area (Å²) >= 11 is 1.40. The minimum atomic E-state index is 0.0540. The van der Waals surface area contributed by atoms with Crippen molar-refractivity contribution in [1.29, 1.82) is 0 Å². The first-order chi connectivity index (χ1) is 17.1. The molecule has 0 saturated carbocycles. The lowest BCUT2D eigenvalue weighted by atomic mass is 10.1. The second-order valence-electron chi connectivity index (χ2n) is 7.34. The van der Waals surface area contributed by atoms with Gasteiger partial charge in [-0.1, -0.05) is 24.3 Å². The van der Waals surface area contributed by atoms with Crippen LogP contribution in [0, 0.1) is 0 Å². The lowest BCUT2D eigenvalue weighted by Crippen LogP contribution is -1.93. The normalized spacial score (nSPS) is 11.4. The van der Waals surface area contributed by atoms with Gasteiger partial charge in [0.2, 0.25) is 5.13 Å². The number of hydrogen-bond acceptors (Lipinski definition) is 8. The molecule has 35 heavy (non-hydrogen) atoms. The third-order valence-corrected chi connectivity index (χ3v) is 5.71. The highest BCUT2D eigenvalue weighted by molar-refractivity contribution is 7.13. The van der Waals surface area contributed by atoms with Gasteiger partial charge in [0.1, 0.15) is 0 Å². The molecule has 2 N–H and O–H groups in total. The average molecular weight is 488 g/mol. The second-order valence-corrected chi connectivity index (χ2v) is 8.17. The molecule has 0 unspecified atom stereocenters. The van der Waals surface area contributed by atoms with Crippen LogP contribution in [0.25, 0.3) is 11.3 Å². The van der Waals surface area contributed by atoms with Crippen molar-refractivity contribution in [2.75, 3.05) is 13.2 Å². The van der Waals surface area contributed by atoms with Crippen molar-refractivity contribution in [3.8, 4) is 34.3 Å². The van der Waals surface area contributed by atoms with Crippen molar-refractivity contribution >= 4 is 34.6 Å². The van der Waals surface area contributed by atoms with Gasteiger partial charge in [-0.3, -0.25) is 4.99 Å². The molecule has 0 aliphatic rings. The van der Waals surface area contributed by atoms with Crippen LogP contribution in [0.5, 0.6) is 23.0 Å². The minimum Gasteiger partial charge on any atom is -0.504 e. The fourth-order valence-electron chi connectivity index (χ4n) is 3.30. The van der Waals surface area contributed by atoms with Gasteiger partial charge in [0.25, 0.3) is 0 Å². The van der Waals surface area contributed by atoms with Crippen molar-refractivity contribution in [2.24, 2.45) is 9.98 Å². The highest BCUT2D eigenvalue weighted by Crippen LogP contribution is 2.32. The number of nitrogens with zero attached hydrogens (tertiary/aromatic N) is 3. The molecule has 1 heterocycles. The molecule has 0 fully saturated rings. The summed E-state index contributed by atoms with van der Waals surface area (Å²) in [5, 5.41) is 23.2. The van der Waals surface area contributed by atoms with E-state index in [9.17, 15) is 10.2 Å². The maximum absolute atomic E-state index is 10.4. The minimum absolute atomic E-state index is 0.0540. The van der Waals surface area contributed by atoms with E-state index >= 15 is 0 Å². The molecule has 7 nitrogen and oxygen atoms in total. The summed E-state index contributed by atoms with van der Waals surface area (Å²) in [6, 6.07) is 18.2. The summed E-state index contributed by atoms with van der Waals surface area (Å²) < 4.78 is 10.8. The summed E-state index contributed by atoms with van der Waals surface area (Å²) in [5.41, 5.74) is 3.52. The van der Waals surface area contributed by atoms with E-state index in [-0.39, 0.29) is 11.5 Å². The van der Waals surface area contributed by atoms with Crippen molar-refractivity contribution in [1.82, 2.24) is 4.98 Å². The smallest absolute Gasteiger partial charge is 0.209 e. The van der Waals surface area contributed by atoms with Crippen molar-refractivity contribution in [2.45, 2.75) is 13.8 Å². The van der Waals surface area contributed by atoms with Crippen LogP contribution in [-0.2, 0) is 0 Å². The molecular weight excluding hydrogens is 462 g/mol. The summed E-state index contributed by atoms with van der Waals surface area (Å²) in [4.78, 5) is 13.5. The third kappa shape index (κ3) is 5.85. The molecule has 4 rings (SSSR count). The zero-order valence-corrected chi connectivity index (χ0v) is 20.2. The van der Waals surface area contributed by atoms with Gasteiger partial charge in [0.05, 0.1) is 24.6 Å². The first-order valence-corrected chi connectivity index (χ1v) is 12.0. The maximum atomic E-state index is 10.4. The largest absolute Gasteiger partial charge is 0.504 e. The molecule has 3 aromatic carbocycles. The number of aromatic hydroxyl groups is 2. The summed E-state index contributed by atoms with van der Waals surface area (Å²) in [5.74, 6) is 0.970. The molecule has 178 valence electrons. The highest BCUT2D eigenvalue weighted by atomic mass is 32.1. The highest BCUT2D eigenvalue weighted by Gasteiger charge is 2.08. The number of phenols is 2. The summed E-state index contributed by atoms with van der Waals surface area (Å²) in [6.07, 6.45) is 3.18. The molecular formula is C27H25N3O4S. The Bertz CT molecular complexity index is 1360. The Labute approximate surface area is 207 Å². The molecule has 1 aromatic heterocycles. The first kappa shape index (κ1) is 24.0. The molecule has 0 atom stereocenters. The van der Waals surface area contributed by atoms with Gasteiger partial charge in [0.15, 0.2) is 23.0 Å². The molecule has 0 saturated heterocycles. The molecule has 0 aliphatic carbocycles.